The minimum Gasteiger partial charge on any atom is -0.507 e. The molecule has 4 heteroatoms. The van der Waals surface area contributed by atoms with Crippen molar-refractivity contribution in [3.63, 3.8) is 0 Å². The van der Waals surface area contributed by atoms with Crippen molar-refractivity contribution in [2.24, 2.45) is 10.2 Å². The fraction of sp³-hybridized carbons (Fsp3) is 0.300. The largest absolute Gasteiger partial charge is 0.507 e. The van der Waals surface area contributed by atoms with Gasteiger partial charge in [0.25, 0.3) is 0 Å². The van der Waals surface area contributed by atoms with Crippen LogP contribution in [0, 0.1) is 4.91 Å². The van der Waals surface area contributed by atoms with E-state index in [2.05, 4.69) is 10.2 Å². The van der Waals surface area contributed by atoms with E-state index >= 15 is 0 Å². The molecule has 4 nitrogen and oxygen atoms in total. The van der Waals surface area contributed by atoms with Crippen LogP contribution in [0.15, 0.2) is 28.4 Å². The molecule has 0 amide bonds. The quantitative estimate of drug-likeness (QED) is 0.588. The second kappa shape index (κ2) is 5.11. The van der Waals surface area contributed by atoms with Gasteiger partial charge in [0.05, 0.1) is 0 Å². The van der Waals surface area contributed by atoms with E-state index in [-0.39, 0.29) is 5.75 Å². The van der Waals surface area contributed by atoms with Crippen molar-refractivity contribution in [2.45, 2.75) is 13.3 Å². The Morgan fingerprint density at radius 3 is 2.93 bits per heavy atom. The van der Waals surface area contributed by atoms with Crippen LogP contribution in [0.5, 0.6) is 5.75 Å². The second-order valence-corrected chi connectivity index (χ2v) is 2.87. The third-order valence-electron chi connectivity index (χ3n) is 1.70. The summed E-state index contributed by atoms with van der Waals surface area (Å²) in [4.78, 5) is 14.3. The predicted octanol–water partition coefficient (Wildman–Crippen LogP) is 2.62. The summed E-state index contributed by atoms with van der Waals surface area (Å²) in [6, 6.07) is 4.39. The van der Waals surface area contributed by atoms with Crippen LogP contribution in [0.1, 0.15) is 18.9 Å². The first-order valence-corrected chi connectivity index (χ1v) is 4.44. The molecule has 0 unspecified atom stereocenters. The van der Waals surface area contributed by atoms with Crippen LogP contribution < -0.4 is 0 Å². The molecule has 1 aromatic carbocycles. The molecule has 0 heterocycles. The number of aliphatic imine (C=N–C) groups is 1. The van der Waals surface area contributed by atoms with Crippen molar-refractivity contribution in [1.82, 2.24) is 0 Å². The Balaban J connectivity index is 2.89. The molecule has 1 rings (SSSR count). The summed E-state index contributed by atoms with van der Waals surface area (Å²) in [6.45, 7) is 2.72. The fourth-order valence-corrected chi connectivity index (χ4v) is 0.994. The van der Waals surface area contributed by atoms with Gasteiger partial charge >= 0.3 is 0 Å². The van der Waals surface area contributed by atoms with Crippen molar-refractivity contribution in [3.05, 3.63) is 28.7 Å². The molecule has 0 aromatic heterocycles. The lowest BCUT2D eigenvalue weighted by atomic mass is 10.2. The molecule has 0 radical (unpaired) electrons. The van der Waals surface area contributed by atoms with Crippen molar-refractivity contribution in [1.29, 1.82) is 0 Å². The maximum absolute atomic E-state index is 10.2. The van der Waals surface area contributed by atoms with Crippen molar-refractivity contribution in [3.8, 4) is 5.75 Å². The van der Waals surface area contributed by atoms with E-state index in [4.69, 9.17) is 0 Å². The SMILES string of the molecule is CCCN=Cc1cc(N=O)ccc1O. The summed E-state index contributed by atoms with van der Waals surface area (Å²) in [5.41, 5.74) is 0.816. The summed E-state index contributed by atoms with van der Waals surface area (Å²) in [6.07, 6.45) is 2.50. The topological polar surface area (TPSA) is 62.0 Å². The number of phenolic OH excluding ortho intramolecular Hbond substituents is 1. The van der Waals surface area contributed by atoms with Crippen molar-refractivity contribution >= 4 is 11.9 Å². The number of aromatic hydroxyl groups is 1. The van der Waals surface area contributed by atoms with Gasteiger partial charge in [0.15, 0.2) is 0 Å². The van der Waals surface area contributed by atoms with Crippen LogP contribution in [0.25, 0.3) is 0 Å². The van der Waals surface area contributed by atoms with E-state index in [1.165, 1.54) is 18.2 Å². The number of hydrogen-bond donors (Lipinski definition) is 1. The van der Waals surface area contributed by atoms with E-state index in [9.17, 15) is 10.0 Å². The highest BCUT2D eigenvalue weighted by molar-refractivity contribution is 5.84. The van der Waals surface area contributed by atoms with Crippen LogP contribution in [0.3, 0.4) is 0 Å². The van der Waals surface area contributed by atoms with E-state index in [0.29, 0.717) is 17.8 Å². The highest BCUT2D eigenvalue weighted by Crippen LogP contribution is 2.21. The first-order valence-electron chi connectivity index (χ1n) is 4.44. The first-order chi connectivity index (χ1) is 6.77. The van der Waals surface area contributed by atoms with Crippen LogP contribution >= 0.6 is 0 Å². The molecule has 0 spiro atoms. The van der Waals surface area contributed by atoms with Gasteiger partial charge in [-0.15, -0.1) is 4.91 Å². The molecule has 0 saturated carbocycles. The Kier molecular flexibility index (Phi) is 3.79. The Labute approximate surface area is 82.3 Å². The molecule has 0 fully saturated rings. The zero-order valence-corrected chi connectivity index (χ0v) is 7.97. The van der Waals surface area contributed by atoms with Gasteiger partial charge in [0, 0.05) is 18.3 Å². The van der Waals surface area contributed by atoms with E-state index in [1.54, 1.807) is 6.21 Å². The summed E-state index contributed by atoms with van der Waals surface area (Å²) in [7, 11) is 0. The highest BCUT2D eigenvalue weighted by atomic mass is 16.3. The minimum absolute atomic E-state index is 0.109. The third-order valence-corrected chi connectivity index (χ3v) is 1.70. The Morgan fingerprint density at radius 1 is 1.50 bits per heavy atom. The molecule has 0 saturated heterocycles. The Morgan fingerprint density at radius 2 is 2.29 bits per heavy atom. The molecule has 0 aliphatic heterocycles. The van der Waals surface area contributed by atoms with Crippen LogP contribution in [0.4, 0.5) is 5.69 Å². The number of nitrogens with zero attached hydrogens (tertiary/aromatic N) is 2. The van der Waals surface area contributed by atoms with Gasteiger partial charge in [-0.1, -0.05) is 6.92 Å². The lowest BCUT2D eigenvalue weighted by Gasteiger charge is -1.98. The average molecular weight is 192 g/mol. The zero-order valence-electron chi connectivity index (χ0n) is 7.97. The normalized spacial score (nSPS) is 10.6. The molecule has 74 valence electrons. The summed E-state index contributed by atoms with van der Waals surface area (Å²) in [5, 5.41) is 12.2. The van der Waals surface area contributed by atoms with Crippen molar-refractivity contribution in [2.75, 3.05) is 6.54 Å². The lowest BCUT2D eigenvalue weighted by molar-refractivity contribution is 0.474. The maximum atomic E-state index is 10.2. The number of benzene rings is 1. The van der Waals surface area contributed by atoms with E-state index in [0.717, 1.165) is 6.42 Å². The van der Waals surface area contributed by atoms with Gasteiger partial charge in [-0.05, 0) is 29.8 Å². The molecule has 0 bridgehead atoms. The molecule has 14 heavy (non-hydrogen) atoms. The number of rotatable bonds is 4. The maximum Gasteiger partial charge on any atom is 0.124 e. The fourth-order valence-electron chi connectivity index (χ4n) is 0.994. The van der Waals surface area contributed by atoms with Gasteiger partial charge in [-0.2, -0.15) is 0 Å². The van der Waals surface area contributed by atoms with Gasteiger partial charge in [-0.3, -0.25) is 4.99 Å². The molecular formula is C10H12N2O2. The lowest BCUT2D eigenvalue weighted by Crippen LogP contribution is -1.84. The zero-order chi connectivity index (χ0) is 10.4. The smallest absolute Gasteiger partial charge is 0.124 e. The molecule has 1 N–H and O–H groups in total. The van der Waals surface area contributed by atoms with E-state index < -0.39 is 0 Å². The van der Waals surface area contributed by atoms with Crippen LogP contribution in [-0.2, 0) is 0 Å². The van der Waals surface area contributed by atoms with Gasteiger partial charge < -0.3 is 5.11 Å². The standard InChI is InChI=1S/C10H12N2O2/c1-2-5-11-7-8-6-9(12-14)3-4-10(8)13/h3-4,6-7,13H,2,5H2,1H3. The van der Waals surface area contributed by atoms with Crippen molar-refractivity contribution < 1.29 is 5.11 Å². The predicted molar refractivity (Wildman–Crippen MR) is 56.3 cm³/mol. The van der Waals surface area contributed by atoms with Crippen LogP contribution in [-0.4, -0.2) is 17.9 Å². The molecular weight excluding hydrogens is 180 g/mol. The third kappa shape index (κ3) is 2.65. The van der Waals surface area contributed by atoms with Crippen LogP contribution in [0.2, 0.25) is 0 Å². The average Bonchev–Trinajstić information content (AvgIpc) is 2.21. The summed E-state index contributed by atoms with van der Waals surface area (Å²) in [5.74, 6) is 0.109. The summed E-state index contributed by atoms with van der Waals surface area (Å²) < 4.78 is 0. The molecule has 0 atom stereocenters. The number of nitroso groups, excluding NO2 is 1. The monoisotopic (exact) mass is 192 g/mol. The first kappa shape index (κ1) is 10.4. The Hall–Kier alpha value is -1.71. The van der Waals surface area contributed by atoms with Gasteiger partial charge in [-0.25, -0.2) is 0 Å². The number of phenols is 1. The number of hydrogen-bond acceptors (Lipinski definition) is 4. The highest BCUT2D eigenvalue weighted by Gasteiger charge is 1.99. The molecule has 0 aliphatic rings. The summed E-state index contributed by atoms with van der Waals surface area (Å²) >= 11 is 0. The minimum atomic E-state index is 0.109. The van der Waals surface area contributed by atoms with Gasteiger partial charge in [0.1, 0.15) is 11.4 Å². The Bertz CT molecular complexity index is 348. The van der Waals surface area contributed by atoms with Gasteiger partial charge in [0.2, 0.25) is 0 Å². The molecule has 1 aromatic rings. The second-order valence-electron chi connectivity index (χ2n) is 2.87. The molecule has 0 aliphatic carbocycles. The van der Waals surface area contributed by atoms with E-state index in [1.807, 2.05) is 6.92 Å².